The fraction of sp³-hybridized carbons (Fsp3) is 0.417. The van der Waals surface area contributed by atoms with Gasteiger partial charge >= 0.3 is 5.97 Å². The monoisotopic (exact) mass is 461 g/mol. The summed E-state index contributed by atoms with van der Waals surface area (Å²) in [7, 11) is 0. The third-order valence-electron chi connectivity index (χ3n) is 5.40. The third-order valence-corrected chi connectivity index (χ3v) is 7.33. The van der Waals surface area contributed by atoms with E-state index >= 15 is 0 Å². The Kier molecular flexibility index (Phi) is 8.81. The van der Waals surface area contributed by atoms with Gasteiger partial charge in [-0.1, -0.05) is 73.3 Å². The van der Waals surface area contributed by atoms with Crippen molar-refractivity contribution >= 4 is 34.7 Å². The minimum atomic E-state index is -1.34. The molecule has 0 spiro atoms. The second-order valence-corrected chi connectivity index (χ2v) is 9.80. The molecular formula is C24H28ClNO4S. The van der Waals surface area contributed by atoms with Gasteiger partial charge in [0.15, 0.2) is 0 Å². The number of unbranched alkanes of at least 4 members (excludes halogenated alkanes) is 3. The summed E-state index contributed by atoms with van der Waals surface area (Å²) in [5.41, 5.74) is 2.20. The molecular weight excluding hydrogens is 434 g/mol. The van der Waals surface area contributed by atoms with Gasteiger partial charge in [0.2, 0.25) is 5.37 Å². The number of halogens is 1. The van der Waals surface area contributed by atoms with Gasteiger partial charge in [-0.15, -0.1) is 5.06 Å². The van der Waals surface area contributed by atoms with Gasteiger partial charge in [-0.3, -0.25) is 9.59 Å². The van der Waals surface area contributed by atoms with Crippen LogP contribution < -0.4 is 0 Å². The summed E-state index contributed by atoms with van der Waals surface area (Å²) in [4.78, 5) is 28.9. The first-order valence-electron chi connectivity index (χ1n) is 10.6. The normalized spacial score (nSPS) is 19.1. The number of benzene rings is 2. The highest BCUT2D eigenvalue weighted by Gasteiger charge is 2.56. The molecule has 0 aliphatic carbocycles. The molecule has 1 heterocycles. The van der Waals surface area contributed by atoms with Gasteiger partial charge in [0.1, 0.15) is 11.7 Å². The van der Waals surface area contributed by atoms with Crippen molar-refractivity contribution in [2.24, 2.45) is 5.92 Å². The molecule has 1 aliphatic rings. The summed E-state index contributed by atoms with van der Waals surface area (Å²) in [5, 5.41) is 1.19. The second-order valence-electron chi connectivity index (χ2n) is 7.83. The van der Waals surface area contributed by atoms with Crippen LogP contribution in [0.25, 0.3) is 0 Å². The molecule has 0 N–H and O–H groups in total. The number of amides is 1. The number of β-lactam (4-membered cyclic amide) rings is 1. The maximum absolute atomic E-state index is 13.0. The van der Waals surface area contributed by atoms with Gasteiger partial charge < -0.3 is 9.39 Å². The largest absolute Gasteiger partial charge is 0.614 e. The minimum absolute atomic E-state index is 0.247. The highest BCUT2D eigenvalue weighted by atomic mass is 35.5. The molecule has 2 aromatic rings. The van der Waals surface area contributed by atoms with E-state index in [-0.39, 0.29) is 11.8 Å². The van der Waals surface area contributed by atoms with E-state index in [9.17, 15) is 14.1 Å². The van der Waals surface area contributed by atoms with Crippen molar-refractivity contribution in [2.45, 2.75) is 56.6 Å². The number of aryl methyl sites for hydroxylation is 1. The van der Waals surface area contributed by atoms with E-state index in [0.29, 0.717) is 12.2 Å². The van der Waals surface area contributed by atoms with Gasteiger partial charge in [0, 0.05) is 17.5 Å². The zero-order chi connectivity index (χ0) is 22.2. The van der Waals surface area contributed by atoms with E-state index in [0.717, 1.165) is 47.8 Å². The molecule has 0 radical (unpaired) electrons. The lowest BCUT2D eigenvalue weighted by molar-refractivity contribution is -0.226. The van der Waals surface area contributed by atoms with Crippen LogP contribution in [0, 0.1) is 5.92 Å². The van der Waals surface area contributed by atoms with E-state index in [4.69, 9.17) is 16.4 Å². The number of hydrogen-bond acceptors (Lipinski definition) is 4. The Hall–Kier alpha value is -2.02. The molecule has 2 aromatic carbocycles. The zero-order valence-corrected chi connectivity index (χ0v) is 19.2. The predicted molar refractivity (Wildman–Crippen MR) is 122 cm³/mol. The first kappa shape index (κ1) is 23.6. The molecule has 166 valence electrons. The van der Waals surface area contributed by atoms with Crippen LogP contribution in [0.3, 0.4) is 0 Å². The first-order chi connectivity index (χ1) is 15.0. The van der Waals surface area contributed by atoms with Crippen molar-refractivity contribution in [1.82, 2.24) is 5.06 Å². The molecule has 7 heteroatoms. The van der Waals surface area contributed by atoms with Crippen molar-refractivity contribution in [2.75, 3.05) is 0 Å². The molecule has 3 rings (SSSR count). The maximum Gasteiger partial charge on any atom is 0.329 e. The van der Waals surface area contributed by atoms with Crippen LogP contribution in [-0.4, -0.2) is 26.9 Å². The Balaban J connectivity index is 1.46. The Morgan fingerprint density at radius 2 is 1.71 bits per heavy atom. The Bertz CT molecular complexity index is 862. The summed E-state index contributed by atoms with van der Waals surface area (Å²) in [6.45, 7) is 1.25. The first-order valence-corrected chi connectivity index (χ1v) is 12.4. The quantitative estimate of drug-likeness (QED) is 0.267. The molecule has 0 aromatic heterocycles. The number of nitrogens with zero attached hydrogens (tertiary/aromatic N) is 1. The van der Waals surface area contributed by atoms with Crippen molar-refractivity contribution in [3.8, 4) is 0 Å². The molecule has 1 aliphatic heterocycles. The molecule has 31 heavy (non-hydrogen) atoms. The summed E-state index contributed by atoms with van der Waals surface area (Å²) in [5.74, 6) is -0.854. The number of hydrogen-bond donors (Lipinski definition) is 0. The number of carbonyl (C=O) groups is 2. The SMILES string of the molecule is CC(=O)ON1C(=O)C(CCCCCCc2ccc(Cl)cc2)C1[S+]([O-])Cc1ccccc1. The topological polar surface area (TPSA) is 69.7 Å². The number of hydroxylamine groups is 2. The second kappa shape index (κ2) is 11.6. The van der Waals surface area contributed by atoms with E-state index in [1.165, 1.54) is 12.5 Å². The van der Waals surface area contributed by atoms with Crippen LogP contribution in [0.5, 0.6) is 0 Å². The lowest BCUT2D eigenvalue weighted by Crippen LogP contribution is -2.64. The van der Waals surface area contributed by atoms with E-state index in [1.54, 1.807) is 0 Å². The fourth-order valence-electron chi connectivity index (χ4n) is 3.81. The average Bonchev–Trinajstić information content (AvgIpc) is 2.75. The Labute approximate surface area is 191 Å². The van der Waals surface area contributed by atoms with Crippen molar-refractivity contribution < 1.29 is 19.0 Å². The highest BCUT2D eigenvalue weighted by molar-refractivity contribution is 7.91. The van der Waals surface area contributed by atoms with E-state index < -0.39 is 22.5 Å². The molecule has 5 nitrogen and oxygen atoms in total. The summed E-state index contributed by atoms with van der Waals surface area (Å²) >= 11 is 4.57. The predicted octanol–water partition coefficient (Wildman–Crippen LogP) is 5.04. The fourth-order valence-corrected chi connectivity index (χ4v) is 5.60. The summed E-state index contributed by atoms with van der Waals surface area (Å²) in [6, 6.07) is 17.4. The van der Waals surface area contributed by atoms with Gasteiger partial charge in [0.25, 0.3) is 5.91 Å². The molecule has 3 atom stereocenters. The highest BCUT2D eigenvalue weighted by Crippen LogP contribution is 2.36. The molecule has 0 bridgehead atoms. The maximum atomic E-state index is 13.0. The Morgan fingerprint density at radius 1 is 1.03 bits per heavy atom. The van der Waals surface area contributed by atoms with Crippen LogP contribution >= 0.6 is 11.6 Å². The van der Waals surface area contributed by atoms with Crippen molar-refractivity contribution in [3.05, 3.63) is 70.7 Å². The van der Waals surface area contributed by atoms with Crippen molar-refractivity contribution in [3.63, 3.8) is 0 Å². The molecule has 1 saturated heterocycles. The van der Waals surface area contributed by atoms with E-state index in [2.05, 4.69) is 0 Å². The van der Waals surface area contributed by atoms with Gasteiger partial charge in [-0.05, 0) is 48.1 Å². The van der Waals surface area contributed by atoms with Crippen LogP contribution in [0.4, 0.5) is 0 Å². The van der Waals surface area contributed by atoms with Crippen LogP contribution in [0.1, 0.15) is 50.2 Å². The van der Waals surface area contributed by atoms with Gasteiger partial charge in [-0.2, -0.15) is 0 Å². The summed E-state index contributed by atoms with van der Waals surface area (Å²) in [6.07, 6.45) is 5.68. The number of rotatable bonds is 11. The van der Waals surface area contributed by atoms with Crippen LogP contribution in [0.2, 0.25) is 5.02 Å². The third kappa shape index (κ3) is 6.73. The smallest absolute Gasteiger partial charge is 0.329 e. The lowest BCUT2D eigenvalue weighted by atomic mass is 9.93. The van der Waals surface area contributed by atoms with E-state index in [1.807, 2.05) is 54.6 Å². The van der Waals surface area contributed by atoms with Crippen LogP contribution in [0.15, 0.2) is 54.6 Å². The van der Waals surface area contributed by atoms with Gasteiger partial charge in [0.05, 0.1) is 0 Å². The average molecular weight is 462 g/mol. The molecule has 1 fully saturated rings. The molecule has 0 saturated carbocycles. The van der Waals surface area contributed by atoms with Crippen molar-refractivity contribution in [1.29, 1.82) is 0 Å². The standard InChI is InChI=1S/C24H28ClNO4S/c1-18(27)30-26-23(28)22(24(26)31(29)17-20-10-6-4-7-11-20)12-8-3-2-5-9-19-13-15-21(25)16-14-19/h4,6-7,10-11,13-16,22,24H,2-3,5,8-9,12,17H2,1H3. The number of carbonyl (C=O) groups excluding carboxylic acids is 2. The van der Waals surface area contributed by atoms with Gasteiger partial charge in [-0.25, -0.2) is 0 Å². The molecule has 1 amide bonds. The Morgan fingerprint density at radius 3 is 2.39 bits per heavy atom. The van der Waals surface area contributed by atoms with Crippen LogP contribution in [-0.2, 0) is 37.8 Å². The zero-order valence-electron chi connectivity index (χ0n) is 17.7. The minimum Gasteiger partial charge on any atom is -0.614 e. The molecule has 3 unspecified atom stereocenters. The summed E-state index contributed by atoms with van der Waals surface area (Å²) < 4.78 is 13.0. The lowest BCUT2D eigenvalue weighted by Gasteiger charge is -2.43.